The van der Waals surface area contributed by atoms with Crippen LogP contribution in [0.3, 0.4) is 0 Å². The molecule has 0 radical (unpaired) electrons. The van der Waals surface area contributed by atoms with E-state index in [1.165, 1.54) is 12.0 Å². The Morgan fingerprint density at radius 2 is 2.05 bits per heavy atom. The number of hydrogen-bond donors (Lipinski definition) is 1. The zero-order valence-electron chi connectivity index (χ0n) is 13.0. The summed E-state index contributed by atoms with van der Waals surface area (Å²) in [6.07, 6.45) is 1.20. The Kier molecular flexibility index (Phi) is 5.02. The normalized spacial score (nSPS) is 23.0. The van der Waals surface area contributed by atoms with Gasteiger partial charge in [0.2, 0.25) is 0 Å². The minimum atomic E-state index is 0.0761. The summed E-state index contributed by atoms with van der Waals surface area (Å²) in [6, 6.07) is 9.13. The minimum absolute atomic E-state index is 0.0761. The maximum absolute atomic E-state index is 6.28. The van der Waals surface area contributed by atoms with Gasteiger partial charge in [0.15, 0.2) is 0 Å². The third-order valence-electron chi connectivity index (χ3n) is 4.27. The molecule has 0 bridgehead atoms. The van der Waals surface area contributed by atoms with Crippen molar-refractivity contribution in [3.63, 3.8) is 0 Å². The predicted octanol–water partition coefficient (Wildman–Crippen LogP) is 1.72. The van der Waals surface area contributed by atoms with Gasteiger partial charge in [-0.25, -0.2) is 0 Å². The lowest BCUT2D eigenvalue weighted by atomic mass is 9.98. The van der Waals surface area contributed by atoms with E-state index in [9.17, 15) is 0 Å². The molecule has 0 aliphatic carbocycles. The molecule has 20 heavy (non-hydrogen) atoms. The van der Waals surface area contributed by atoms with Gasteiger partial charge < -0.3 is 15.4 Å². The van der Waals surface area contributed by atoms with Crippen LogP contribution in [0.1, 0.15) is 24.9 Å². The highest BCUT2D eigenvalue weighted by Gasteiger charge is 2.33. The fourth-order valence-electron chi connectivity index (χ4n) is 3.17. The molecule has 3 atom stereocenters. The van der Waals surface area contributed by atoms with Crippen molar-refractivity contribution in [3.05, 3.63) is 29.8 Å². The first-order valence-corrected chi connectivity index (χ1v) is 7.33. The Labute approximate surface area is 122 Å². The largest absolute Gasteiger partial charge is 0.496 e. The van der Waals surface area contributed by atoms with Crippen molar-refractivity contribution in [3.8, 4) is 5.75 Å². The highest BCUT2D eigenvalue weighted by Crippen LogP contribution is 2.33. The molecule has 3 unspecified atom stereocenters. The number of para-hydroxylation sites is 1. The van der Waals surface area contributed by atoms with E-state index >= 15 is 0 Å². The van der Waals surface area contributed by atoms with Gasteiger partial charge in [-0.15, -0.1) is 0 Å². The molecule has 0 spiro atoms. The summed E-state index contributed by atoms with van der Waals surface area (Å²) in [5, 5.41) is 0. The number of hydrogen-bond acceptors (Lipinski definition) is 4. The molecule has 0 aromatic heterocycles. The number of likely N-dealkylation sites (N-methyl/N-ethyl adjacent to an activating group) is 1. The van der Waals surface area contributed by atoms with E-state index in [2.05, 4.69) is 43.0 Å². The molecule has 0 amide bonds. The quantitative estimate of drug-likeness (QED) is 0.890. The molecule has 2 rings (SSSR count). The van der Waals surface area contributed by atoms with Crippen LogP contribution in [0, 0.1) is 0 Å². The van der Waals surface area contributed by atoms with Crippen molar-refractivity contribution in [2.75, 3.05) is 34.3 Å². The van der Waals surface area contributed by atoms with Crippen molar-refractivity contribution < 1.29 is 4.74 Å². The second-order valence-electron chi connectivity index (χ2n) is 5.95. The third kappa shape index (κ3) is 3.14. The van der Waals surface area contributed by atoms with Gasteiger partial charge in [-0.05, 0) is 33.5 Å². The van der Waals surface area contributed by atoms with E-state index in [1.54, 1.807) is 7.11 Å². The molecule has 1 aliphatic rings. The number of nitrogens with two attached hydrogens (primary N) is 1. The molecule has 1 heterocycles. The summed E-state index contributed by atoms with van der Waals surface area (Å²) in [4.78, 5) is 4.80. The van der Waals surface area contributed by atoms with Crippen LogP contribution in [0.2, 0.25) is 0 Å². The molecular weight excluding hydrogens is 250 g/mol. The molecule has 0 saturated carbocycles. The lowest BCUT2D eigenvalue weighted by Crippen LogP contribution is -2.40. The van der Waals surface area contributed by atoms with E-state index in [0.717, 1.165) is 18.8 Å². The molecule has 112 valence electrons. The van der Waals surface area contributed by atoms with E-state index in [-0.39, 0.29) is 12.1 Å². The second-order valence-corrected chi connectivity index (χ2v) is 5.95. The third-order valence-corrected chi connectivity index (χ3v) is 4.27. The maximum atomic E-state index is 6.28. The fourth-order valence-corrected chi connectivity index (χ4v) is 3.17. The Bertz CT molecular complexity index is 433. The number of benzene rings is 1. The first kappa shape index (κ1) is 15.3. The Morgan fingerprint density at radius 3 is 2.60 bits per heavy atom. The van der Waals surface area contributed by atoms with Crippen LogP contribution in [0.4, 0.5) is 0 Å². The molecule has 2 N–H and O–H groups in total. The number of methoxy groups -OCH3 is 1. The average Bonchev–Trinajstić information content (AvgIpc) is 2.89. The van der Waals surface area contributed by atoms with Crippen LogP contribution in [0.15, 0.2) is 24.3 Å². The van der Waals surface area contributed by atoms with E-state index in [1.807, 2.05) is 12.1 Å². The fraction of sp³-hybridized carbons (Fsp3) is 0.625. The van der Waals surface area contributed by atoms with Gasteiger partial charge in [-0.1, -0.05) is 18.2 Å². The van der Waals surface area contributed by atoms with Crippen LogP contribution in [-0.4, -0.2) is 56.2 Å². The first-order valence-electron chi connectivity index (χ1n) is 7.33. The maximum Gasteiger partial charge on any atom is 0.123 e. The number of ether oxygens (including phenoxy) is 1. The van der Waals surface area contributed by atoms with Gasteiger partial charge in [0, 0.05) is 30.7 Å². The van der Waals surface area contributed by atoms with Gasteiger partial charge in [0.1, 0.15) is 5.75 Å². The Hall–Kier alpha value is -1.10. The molecule has 1 saturated heterocycles. The molecular formula is C16H27N3O. The van der Waals surface area contributed by atoms with Gasteiger partial charge >= 0.3 is 0 Å². The van der Waals surface area contributed by atoms with Crippen LogP contribution in [-0.2, 0) is 0 Å². The van der Waals surface area contributed by atoms with Crippen LogP contribution >= 0.6 is 0 Å². The smallest absolute Gasteiger partial charge is 0.123 e. The van der Waals surface area contributed by atoms with Crippen molar-refractivity contribution in [2.45, 2.75) is 31.5 Å². The topological polar surface area (TPSA) is 41.7 Å². The summed E-state index contributed by atoms with van der Waals surface area (Å²) in [5.41, 5.74) is 7.48. The second kappa shape index (κ2) is 6.57. The molecule has 1 aromatic carbocycles. The lowest BCUT2D eigenvalue weighted by molar-refractivity contribution is 0.193. The predicted molar refractivity (Wildman–Crippen MR) is 83.0 cm³/mol. The average molecular weight is 277 g/mol. The van der Waals surface area contributed by atoms with Crippen molar-refractivity contribution in [1.29, 1.82) is 0 Å². The minimum Gasteiger partial charge on any atom is -0.496 e. The van der Waals surface area contributed by atoms with Gasteiger partial charge in [-0.2, -0.15) is 0 Å². The molecule has 4 nitrogen and oxygen atoms in total. The zero-order chi connectivity index (χ0) is 14.7. The molecule has 4 heteroatoms. The van der Waals surface area contributed by atoms with Gasteiger partial charge in [0.05, 0.1) is 13.2 Å². The summed E-state index contributed by atoms with van der Waals surface area (Å²) in [6.45, 7) is 4.24. The van der Waals surface area contributed by atoms with Crippen LogP contribution < -0.4 is 10.5 Å². The van der Waals surface area contributed by atoms with Crippen LogP contribution in [0.25, 0.3) is 0 Å². The Balaban J connectivity index is 2.24. The molecule has 1 aliphatic heterocycles. The van der Waals surface area contributed by atoms with E-state index in [4.69, 9.17) is 10.5 Å². The van der Waals surface area contributed by atoms with Gasteiger partial charge in [0.25, 0.3) is 0 Å². The van der Waals surface area contributed by atoms with Gasteiger partial charge in [-0.3, -0.25) is 4.90 Å². The standard InChI is InChI=1S/C16H27N3O/c1-12(17)16(14-7-5-6-8-15(14)20-4)19-10-9-13(11-19)18(2)3/h5-8,12-13,16H,9-11,17H2,1-4H3. The summed E-state index contributed by atoms with van der Waals surface area (Å²) < 4.78 is 5.52. The number of nitrogens with zero attached hydrogens (tertiary/aromatic N) is 2. The monoisotopic (exact) mass is 277 g/mol. The molecule has 1 aromatic rings. The van der Waals surface area contributed by atoms with Crippen LogP contribution in [0.5, 0.6) is 5.75 Å². The number of rotatable bonds is 5. The zero-order valence-corrected chi connectivity index (χ0v) is 13.0. The summed E-state index contributed by atoms with van der Waals surface area (Å²) in [5.74, 6) is 0.933. The van der Waals surface area contributed by atoms with E-state index in [0.29, 0.717) is 6.04 Å². The SMILES string of the molecule is COc1ccccc1C(C(C)N)N1CCC(N(C)C)C1. The lowest BCUT2D eigenvalue weighted by Gasteiger charge is -2.32. The highest BCUT2D eigenvalue weighted by atomic mass is 16.5. The van der Waals surface area contributed by atoms with Crippen molar-refractivity contribution >= 4 is 0 Å². The first-order chi connectivity index (χ1) is 9.54. The van der Waals surface area contributed by atoms with Crippen molar-refractivity contribution in [1.82, 2.24) is 9.80 Å². The van der Waals surface area contributed by atoms with Crippen molar-refractivity contribution in [2.24, 2.45) is 5.73 Å². The Morgan fingerprint density at radius 1 is 1.35 bits per heavy atom. The number of likely N-dealkylation sites (tertiary alicyclic amines) is 1. The highest BCUT2D eigenvalue weighted by molar-refractivity contribution is 5.37. The summed E-state index contributed by atoms with van der Waals surface area (Å²) >= 11 is 0. The summed E-state index contributed by atoms with van der Waals surface area (Å²) in [7, 11) is 6.03. The molecule has 1 fully saturated rings. The van der Waals surface area contributed by atoms with E-state index < -0.39 is 0 Å².